The summed E-state index contributed by atoms with van der Waals surface area (Å²) >= 11 is 0. The number of likely N-dealkylation sites (N-methyl/N-ethyl adjacent to an activating group) is 1. The molecule has 66 heavy (non-hydrogen) atoms. The maximum atomic E-state index is 13.0. The van der Waals surface area contributed by atoms with Crippen LogP contribution in [0, 0.1) is 0 Å². The number of carbonyl (C=O) groups is 1. The molecule has 0 bridgehead atoms. The third-order valence-electron chi connectivity index (χ3n) is 12.8. The highest BCUT2D eigenvalue weighted by atomic mass is 31.2. The molecule has 0 aliphatic carbocycles. The number of amides is 1. The number of nitrogens with one attached hydrogen (secondary N) is 1. The number of hydrogen-bond donors (Lipinski definition) is 3. The number of hydrogen-bond acceptors (Lipinski definition) is 5. The van der Waals surface area contributed by atoms with Crippen LogP contribution in [0.3, 0.4) is 0 Å². The predicted octanol–water partition coefficient (Wildman–Crippen LogP) is 17.0. The van der Waals surface area contributed by atoms with Crippen LogP contribution in [0.25, 0.3) is 0 Å². The Morgan fingerprint density at radius 2 is 0.833 bits per heavy atom. The van der Waals surface area contributed by atoms with Crippen LogP contribution in [0.4, 0.5) is 0 Å². The number of aliphatic hydroxyl groups is 1. The number of rotatable bonds is 52. The summed E-state index contributed by atoms with van der Waals surface area (Å²) in [6.45, 7) is 4.82. The first-order chi connectivity index (χ1) is 32.0. The average Bonchev–Trinajstić information content (AvgIpc) is 3.28. The molecule has 1 amide bonds. The van der Waals surface area contributed by atoms with Crippen LogP contribution < -0.4 is 5.32 Å². The number of quaternary nitrogens is 1. The first-order valence-corrected chi connectivity index (χ1v) is 29.9. The van der Waals surface area contributed by atoms with Gasteiger partial charge in [0.1, 0.15) is 13.2 Å². The van der Waals surface area contributed by atoms with E-state index in [1.54, 1.807) is 6.08 Å². The number of nitrogens with zero attached hydrogens (tertiary/aromatic N) is 1. The van der Waals surface area contributed by atoms with Crippen molar-refractivity contribution in [1.29, 1.82) is 0 Å². The Kier molecular flexibility index (Phi) is 47.8. The summed E-state index contributed by atoms with van der Waals surface area (Å²) in [6, 6.07) is -0.865. The highest BCUT2D eigenvalue weighted by Gasteiger charge is 2.27. The van der Waals surface area contributed by atoms with Gasteiger partial charge in [-0.3, -0.25) is 13.8 Å². The van der Waals surface area contributed by atoms with Gasteiger partial charge in [-0.2, -0.15) is 0 Å². The van der Waals surface area contributed by atoms with E-state index in [1.807, 2.05) is 27.2 Å². The summed E-state index contributed by atoms with van der Waals surface area (Å²) < 4.78 is 23.7. The molecule has 0 spiro atoms. The first-order valence-electron chi connectivity index (χ1n) is 28.4. The Hall–Kier alpha value is -1.28. The SMILES string of the molecule is CCCCCCCCCC/C=C\CCCCCCCCCC(=O)NC(COP(=O)(O)OCC[N+](C)(C)C)C(O)/C=C/CC/C=C/CCCCCCCCCCCCCCCCCCCCC. The lowest BCUT2D eigenvalue weighted by atomic mass is 10.0. The molecular weight excluding hydrogens is 840 g/mol. The highest BCUT2D eigenvalue weighted by Crippen LogP contribution is 2.43. The van der Waals surface area contributed by atoms with Crippen LogP contribution >= 0.6 is 7.82 Å². The van der Waals surface area contributed by atoms with Gasteiger partial charge in [0.25, 0.3) is 0 Å². The van der Waals surface area contributed by atoms with E-state index < -0.39 is 20.0 Å². The molecule has 0 rings (SSSR count). The Balaban J connectivity index is 4.27. The van der Waals surface area contributed by atoms with Gasteiger partial charge in [-0.1, -0.05) is 243 Å². The second-order valence-corrected chi connectivity index (χ2v) is 22.1. The van der Waals surface area contributed by atoms with Gasteiger partial charge in [0.2, 0.25) is 5.91 Å². The van der Waals surface area contributed by atoms with Gasteiger partial charge in [0.15, 0.2) is 0 Å². The predicted molar refractivity (Wildman–Crippen MR) is 286 cm³/mol. The van der Waals surface area contributed by atoms with Crippen molar-refractivity contribution >= 4 is 13.7 Å². The minimum Gasteiger partial charge on any atom is -0.387 e. The van der Waals surface area contributed by atoms with E-state index in [0.29, 0.717) is 17.4 Å². The van der Waals surface area contributed by atoms with Gasteiger partial charge in [-0.05, 0) is 57.8 Å². The topological polar surface area (TPSA) is 105 Å². The van der Waals surface area contributed by atoms with E-state index in [4.69, 9.17) is 9.05 Å². The third kappa shape index (κ3) is 50.6. The maximum absolute atomic E-state index is 13.0. The van der Waals surface area contributed by atoms with Crippen LogP contribution in [0.1, 0.15) is 271 Å². The van der Waals surface area contributed by atoms with Crippen LogP contribution in [-0.4, -0.2) is 73.4 Å². The summed E-state index contributed by atoms with van der Waals surface area (Å²) in [4.78, 5) is 23.3. The van der Waals surface area contributed by atoms with Crippen molar-refractivity contribution in [2.24, 2.45) is 0 Å². The number of carbonyl (C=O) groups excluding carboxylic acids is 1. The summed E-state index contributed by atoms with van der Waals surface area (Å²) in [7, 11) is 1.56. The molecule has 0 fully saturated rings. The molecule has 0 saturated heterocycles. The summed E-state index contributed by atoms with van der Waals surface area (Å²) in [6.07, 6.45) is 62.5. The fraction of sp³-hybridized carbons (Fsp3) is 0.877. The monoisotopic (exact) mass is 952 g/mol. The number of phosphoric acid groups is 1. The first kappa shape index (κ1) is 64.7. The van der Waals surface area contributed by atoms with Gasteiger partial charge >= 0.3 is 7.82 Å². The standard InChI is InChI=1S/C57H111N2O6P/c1-6-8-10-12-14-16-18-20-22-24-26-27-28-29-30-31-33-34-36-38-40-42-44-46-48-50-56(60)55(54-65-66(62,63)64-53-52-59(3,4)5)58-57(61)51-49-47-45-43-41-39-37-35-32-25-23-21-19-17-15-13-11-9-7-2/h25,32,40,42,48,50,55-56,60H,6-24,26-31,33-39,41,43-47,49,51-54H2,1-5H3,(H-,58,61,62,63)/p+1/b32-25-,42-40+,50-48+. The van der Waals surface area contributed by atoms with Crippen molar-refractivity contribution < 1.29 is 32.9 Å². The zero-order valence-corrected chi connectivity index (χ0v) is 45.3. The molecule has 390 valence electrons. The van der Waals surface area contributed by atoms with Crippen LogP contribution in [0.5, 0.6) is 0 Å². The molecule has 0 aromatic carbocycles. The van der Waals surface area contributed by atoms with Crippen molar-refractivity contribution in [3.63, 3.8) is 0 Å². The lowest BCUT2D eigenvalue weighted by Gasteiger charge is -2.25. The van der Waals surface area contributed by atoms with Crippen LogP contribution in [-0.2, 0) is 18.4 Å². The molecule has 0 aromatic heterocycles. The third-order valence-corrected chi connectivity index (χ3v) is 13.8. The normalized spacial score (nSPS) is 14.2. The smallest absolute Gasteiger partial charge is 0.387 e. The molecule has 3 unspecified atom stereocenters. The molecule has 0 aliphatic rings. The molecule has 3 atom stereocenters. The molecule has 0 aliphatic heterocycles. The van der Waals surface area contributed by atoms with Crippen LogP contribution in [0.2, 0.25) is 0 Å². The minimum absolute atomic E-state index is 0.0558. The summed E-state index contributed by atoms with van der Waals surface area (Å²) in [5.41, 5.74) is 0. The van der Waals surface area contributed by atoms with Crippen molar-refractivity contribution in [3.05, 3.63) is 36.5 Å². The molecule has 0 aromatic rings. The Labute approximate surface area is 410 Å². The molecule has 0 radical (unpaired) electrons. The number of phosphoric ester groups is 1. The Morgan fingerprint density at radius 1 is 0.500 bits per heavy atom. The minimum atomic E-state index is -4.35. The van der Waals surface area contributed by atoms with Gasteiger partial charge in [-0.25, -0.2) is 4.57 Å². The number of unbranched alkanes of at least 4 members (excludes halogenated alkanes) is 35. The summed E-state index contributed by atoms with van der Waals surface area (Å²) in [5, 5.41) is 13.9. The number of aliphatic hydroxyl groups excluding tert-OH is 1. The zero-order valence-electron chi connectivity index (χ0n) is 44.4. The van der Waals surface area contributed by atoms with E-state index in [2.05, 4.69) is 43.5 Å². The Bertz CT molecular complexity index is 1170. The van der Waals surface area contributed by atoms with E-state index in [1.165, 1.54) is 212 Å². The molecule has 9 heteroatoms. The largest absolute Gasteiger partial charge is 0.472 e. The number of allylic oxidation sites excluding steroid dienone is 5. The molecule has 0 saturated carbocycles. The lowest BCUT2D eigenvalue weighted by molar-refractivity contribution is -0.870. The summed E-state index contributed by atoms with van der Waals surface area (Å²) in [5.74, 6) is -0.189. The maximum Gasteiger partial charge on any atom is 0.472 e. The van der Waals surface area contributed by atoms with Gasteiger partial charge in [0.05, 0.1) is 39.9 Å². The Morgan fingerprint density at radius 3 is 1.21 bits per heavy atom. The van der Waals surface area contributed by atoms with E-state index >= 15 is 0 Å². The van der Waals surface area contributed by atoms with E-state index in [-0.39, 0.29) is 19.1 Å². The van der Waals surface area contributed by atoms with Gasteiger partial charge in [-0.15, -0.1) is 0 Å². The van der Waals surface area contributed by atoms with Gasteiger partial charge in [0, 0.05) is 6.42 Å². The van der Waals surface area contributed by atoms with Gasteiger partial charge < -0.3 is 19.8 Å². The lowest BCUT2D eigenvalue weighted by Crippen LogP contribution is -2.45. The molecule has 0 heterocycles. The quantitative estimate of drug-likeness (QED) is 0.0243. The second-order valence-electron chi connectivity index (χ2n) is 20.7. The second kappa shape index (κ2) is 48.7. The van der Waals surface area contributed by atoms with Crippen LogP contribution in [0.15, 0.2) is 36.5 Å². The molecule has 3 N–H and O–H groups in total. The molecular formula is C57H112N2O6P+. The van der Waals surface area contributed by atoms with Crippen molar-refractivity contribution in [2.45, 2.75) is 283 Å². The zero-order chi connectivity index (χ0) is 48.5. The highest BCUT2D eigenvalue weighted by molar-refractivity contribution is 7.47. The van der Waals surface area contributed by atoms with E-state index in [9.17, 15) is 19.4 Å². The fourth-order valence-corrected chi connectivity index (χ4v) is 9.08. The van der Waals surface area contributed by atoms with Crippen molar-refractivity contribution in [2.75, 3.05) is 40.9 Å². The molecule has 8 nitrogen and oxygen atoms in total. The van der Waals surface area contributed by atoms with Crippen molar-refractivity contribution in [3.8, 4) is 0 Å². The van der Waals surface area contributed by atoms with E-state index in [0.717, 1.165) is 38.5 Å². The fourth-order valence-electron chi connectivity index (χ4n) is 8.35. The average molecular weight is 953 g/mol. The van der Waals surface area contributed by atoms with Crippen molar-refractivity contribution in [1.82, 2.24) is 5.32 Å².